The van der Waals surface area contributed by atoms with Gasteiger partial charge in [-0.05, 0) is 30.5 Å². The van der Waals surface area contributed by atoms with Gasteiger partial charge in [0.05, 0.1) is 17.2 Å². The van der Waals surface area contributed by atoms with Gasteiger partial charge in [0.1, 0.15) is 5.82 Å². The molecule has 0 bridgehead atoms. The predicted molar refractivity (Wildman–Crippen MR) is 89.7 cm³/mol. The molecule has 0 aliphatic carbocycles. The number of guanidine groups is 1. The van der Waals surface area contributed by atoms with Gasteiger partial charge in [-0.1, -0.05) is 19.1 Å². The van der Waals surface area contributed by atoms with E-state index in [1.54, 1.807) is 31.4 Å². The molecule has 0 radical (unpaired) electrons. The van der Waals surface area contributed by atoms with E-state index in [4.69, 9.17) is 0 Å². The maximum atomic E-state index is 13.2. The highest BCUT2D eigenvalue weighted by atomic mass is 32.1. The molecule has 0 saturated heterocycles. The SMILES string of the molecule is CCc1nc(CNC(=NC)NCc2ccc(F)c(C)c2)cs1. The van der Waals surface area contributed by atoms with Crippen LogP contribution in [0.5, 0.6) is 0 Å². The van der Waals surface area contributed by atoms with Crippen LogP contribution in [0.4, 0.5) is 4.39 Å². The highest BCUT2D eigenvalue weighted by Gasteiger charge is 2.03. The molecular formula is C16H21FN4S. The number of benzene rings is 1. The maximum absolute atomic E-state index is 13.2. The van der Waals surface area contributed by atoms with Crippen molar-refractivity contribution in [2.45, 2.75) is 33.4 Å². The number of hydrogen-bond acceptors (Lipinski definition) is 3. The van der Waals surface area contributed by atoms with Gasteiger partial charge in [-0.15, -0.1) is 11.3 Å². The number of aliphatic imine (C=N–C) groups is 1. The summed E-state index contributed by atoms with van der Waals surface area (Å²) in [6.45, 7) is 5.09. The van der Waals surface area contributed by atoms with E-state index in [2.05, 4.69) is 32.9 Å². The summed E-state index contributed by atoms with van der Waals surface area (Å²) >= 11 is 1.68. The second-order valence-corrected chi connectivity index (χ2v) is 5.89. The van der Waals surface area contributed by atoms with Crippen molar-refractivity contribution in [3.63, 3.8) is 0 Å². The number of halogens is 1. The van der Waals surface area contributed by atoms with E-state index < -0.39 is 0 Å². The van der Waals surface area contributed by atoms with Crippen LogP contribution in [-0.4, -0.2) is 18.0 Å². The van der Waals surface area contributed by atoms with Gasteiger partial charge in [0, 0.05) is 19.0 Å². The van der Waals surface area contributed by atoms with Crippen molar-refractivity contribution in [2.24, 2.45) is 4.99 Å². The van der Waals surface area contributed by atoms with Crippen LogP contribution in [0.15, 0.2) is 28.6 Å². The summed E-state index contributed by atoms with van der Waals surface area (Å²) in [6.07, 6.45) is 0.960. The molecule has 2 N–H and O–H groups in total. The van der Waals surface area contributed by atoms with E-state index in [0.29, 0.717) is 24.6 Å². The van der Waals surface area contributed by atoms with Crippen molar-refractivity contribution in [3.05, 3.63) is 51.2 Å². The zero-order valence-corrected chi connectivity index (χ0v) is 13.9. The number of aromatic nitrogens is 1. The number of nitrogens with one attached hydrogen (secondary N) is 2. The van der Waals surface area contributed by atoms with Crippen LogP contribution in [-0.2, 0) is 19.5 Å². The third-order valence-electron chi connectivity index (χ3n) is 3.24. The maximum Gasteiger partial charge on any atom is 0.191 e. The first kappa shape index (κ1) is 16.4. The third-order valence-corrected chi connectivity index (χ3v) is 4.29. The average Bonchev–Trinajstić information content (AvgIpc) is 2.99. The molecule has 1 aromatic heterocycles. The Hall–Kier alpha value is -1.95. The number of nitrogens with zero attached hydrogens (tertiary/aromatic N) is 2. The minimum absolute atomic E-state index is 0.179. The molecule has 0 atom stereocenters. The van der Waals surface area contributed by atoms with Crippen LogP contribution < -0.4 is 10.6 Å². The van der Waals surface area contributed by atoms with Gasteiger partial charge in [-0.25, -0.2) is 9.37 Å². The van der Waals surface area contributed by atoms with Crippen LogP contribution in [0.2, 0.25) is 0 Å². The number of hydrogen-bond donors (Lipinski definition) is 2. The van der Waals surface area contributed by atoms with Gasteiger partial charge in [0.2, 0.25) is 0 Å². The molecule has 0 amide bonds. The fraction of sp³-hybridized carbons (Fsp3) is 0.375. The Balaban J connectivity index is 1.85. The molecule has 118 valence electrons. The topological polar surface area (TPSA) is 49.3 Å². The standard InChI is InChI=1S/C16H21FN4S/c1-4-15-21-13(10-22-15)9-20-16(18-3)19-8-12-5-6-14(17)11(2)7-12/h5-7,10H,4,8-9H2,1-3H3,(H2,18,19,20). The highest BCUT2D eigenvalue weighted by molar-refractivity contribution is 7.09. The van der Waals surface area contributed by atoms with Crippen LogP contribution in [0.3, 0.4) is 0 Å². The normalized spacial score (nSPS) is 11.5. The fourth-order valence-corrected chi connectivity index (χ4v) is 2.73. The van der Waals surface area contributed by atoms with Gasteiger partial charge < -0.3 is 10.6 Å². The average molecular weight is 320 g/mol. The molecule has 0 saturated carbocycles. The molecule has 2 rings (SSSR count). The molecule has 22 heavy (non-hydrogen) atoms. The van der Waals surface area contributed by atoms with Crippen LogP contribution in [0, 0.1) is 12.7 Å². The van der Waals surface area contributed by atoms with Gasteiger partial charge in [0.25, 0.3) is 0 Å². The van der Waals surface area contributed by atoms with Crippen molar-refractivity contribution in [2.75, 3.05) is 7.05 Å². The Morgan fingerprint density at radius 2 is 2.09 bits per heavy atom. The van der Waals surface area contributed by atoms with Crippen molar-refractivity contribution in [1.82, 2.24) is 15.6 Å². The number of aryl methyl sites for hydroxylation is 2. The van der Waals surface area contributed by atoms with E-state index in [-0.39, 0.29) is 5.82 Å². The Kier molecular flexibility index (Phi) is 5.89. The molecule has 0 aliphatic heterocycles. The van der Waals surface area contributed by atoms with Crippen molar-refractivity contribution >= 4 is 17.3 Å². The summed E-state index contributed by atoms with van der Waals surface area (Å²) in [5, 5.41) is 9.64. The first-order valence-corrected chi connectivity index (χ1v) is 8.13. The molecule has 0 fully saturated rings. The zero-order chi connectivity index (χ0) is 15.9. The van der Waals surface area contributed by atoms with Gasteiger partial charge in [-0.3, -0.25) is 4.99 Å². The molecule has 1 aromatic carbocycles. The lowest BCUT2D eigenvalue weighted by Gasteiger charge is -2.11. The monoisotopic (exact) mass is 320 g/mol. The molecular weight excluding hydrogens is 299 g/mol. The second kappa shape index (κ2) is 7.89. The highest BCUT2D eigenvalue weighted by Crippen LogP contribution is 2.10. The van der Waals surface area contributed by atoms with Gasteiger partial charge in [0.15, 0.2) is 5.96 Å². The largest absolute Gasteiger partial charge is 0.352 e. The molecule has 2 aromatic rings. The smallest absolute Gasteiger partial charge is 0.191 e. The van der Waals surface area contributed by atoms with Crippen LogP contribution >= 0.6 is 11.3 Å². The van der Waals surface area contributed by atoms with E-state index >= 15 is 0 Å². The first-order chi connectivity index (χ1) is 10.6. The lowest BCUT2D eigenvalue weighted by molar-refractivity contribution is 0.617. The van der Waals surface area contributed by atoms with Gasteiger partial charge >= 0.3 is 0 Å². The zero-order valence-electron chi connectivity index (χ0n) is 13.1. The minimum atomic E-state index is -0.179. The lowest BCUT2D eigenvalue weighted by Crippen LogP contribution is -2.36. The summed E-state index contributed by atoms with van der Waals surface area (Å²) in [7, 11) is 1.73. The van der Waals surface area contributed by atoms with E-state index in [9.17, 15) is 4.39 Å². The molecule has 4 nitrogen and oxygen atoms in total. The summed E-state index contributed by atoms with van der Waals surface area (Å²) in [6, 6.07) is 5.10. The molecule has 0 spiro atoms. The number of rotatable bonds is 5. The number of thiazole rings is 1. The predicted octanol–water partition coefficient (Wildman–Crippen LogP) is 3.02. The Labute approximate surface area is 134 Å². The summed E-state index contributed by atoms with van der Waals surface area (Å²) in [4.78, 5) is 8.69. The molecule has 1 heterocycles. The van der Waals surface area contributed by atoms with E-state index in [1.165, 1.54) is 6.07 Å². The summed E-state index contributed by atoms with van der Waals surface area (Å²) < 4.78 is 13.2. The first-order valence-electron chi connectivity index (χ1n) is 7.25. The minimum Gasteiger partial charge on any atom is -0.352 e. The Morgan fingerprint density at radius 3 is 2.73 bits per heavy atom. The van der Waals surface area contributed by atoms with Crippen LogP contribution in [0.25, 0.3) is 0 Å². The fourth-order valence-electron chi connectivity index (χ4n) is 1.99. The molecule has 0 unspecified atom stereocenters. The Morgan fingerprint density at radius 1 is 1.32 bits per heavy atom. The van der Waals surface area contributed by atoms with Crippen LogP contribution in [0.1, 0.15) is 28.8 Å². The van der Waals surface area contributed by atoms with E-state index in [1.807, 2.05) is 6.07 Å². The Bertz CT molecular complexity index is 651. The lowest BCUT2D eigenvalue weighted by atomic mass is 10.1. The third kappa shape index (κ3) is 4.53. The van der Waals surface area contributed by atoms with Crippen molar-refractivity contribution in [1.29, 1.82) is 0 Å². The van der Waals surface area contributed by atoms with E-state index in [0.717, 1.165) is 22.7 Å². The quantitative estimate of drug-likeness (QED) is 0.658. The molecule has 0 aliphatic rings. The summed E-state index contributed by atoms with van der Waals surface area (Å²) in [5.74, 6) is 0.523. The van der Waals surface area contributed by atoms with Crippen molar-refractivity contribution in [3.8, 4) is 0 Å². The van der Waals surface area contributed by atoms with Gasteiger partial charge in [-0.2, -0.15) is 0 Å². The molecule has 6 heteroatoms. The van der Waals surface area contributed by atoms with Crippen molar-refractivity contribution < 1.29 is 4.39 Å². The summed E-state index contributed by atoms with van der Waals surface area (Å²) in [5.41, 5.74) is 2.68. The second-order valence-electron chi connectivity index (χ2n) is 4.95.